The number of benzene rings is 2. The number of halogens is 3. The monoisotopic (exact) mass is 460 g/mol. The molecule has 0 saturated heterocycles. The molecule has 33 heavy (non-hydrogen) atoms. The number of ether oxygens (including phenoxy) is 2. The molecule has 174 valence electrons. The summed E-state index contributed by atoms with van der Waals surface area (Å²) in [7, 11) is 0. The van der Waals surface area contributed by atoms with Gasteiger partial charge < -0.3 is 9.47 Å². The summed E-state index contributed by atoms with van der Waals surface area (Å²) in [6.45, 7) is 1.97. The van der Waals surface area contributed by atoms with Crippen molar-refractivity contribution in [2.24, 2.45) is 0 Å². The largest absolute Gasteiger partial charge is 0.573 e. The van der Waals surface area contributed by atoms with Crippen molar-refractivity contribution in [1.82, 2.24) is 14.8 Å². The summed E-state index contributed by atoms with van der Waals surface area (Å²) in [4.78, 5) is 16.5. The van der Waals surface area contributed by atoms with Gasteiger partial charge in [-0.1, -0.05) is 6.42 Å². The van der Waals surface area contributed by atoms with Gasteiger partial charge in [-0.2, -0.15) is 0 Å². The Morgan fingerprint density at radius 3 is 2.33 bits per heavy atom. The molecule has 1 aromatic heterocycles. The molecule has 0 atom stereocenters. The molecule has 2 aromatic carbocycles. The van der Waals surface area contributed by atoms with E-state index >= 15 is 0 Å². The predicted octanol–water partition coefficient (Wildman–Crippen LogP) is 6.10. The van der Waals surface area contributed by atoms with Crippen LogP contribution in [-0.2, 0) is 4.74 Å². The first-order valence-corrected chi connectivity index (χ1v) is 10.6. The Morgan fingerprint density at radius 2 is 1.70 bits per heavy atom. The predicted molar refractivity (Wildman–Crippen MR) is 115 cm³/mol. The number of carbonyl (C=O) groups is 1. The normalized spacial score (nSPS) is 15.6. The second kappa shape index (κ2) is 9.13. The minimum absolute atomic E-state index is 0.314. The van der Waals surface area contributed by atoms with Crippen LogP contribution in [0.3, 0.4) is 0 Å². The molecule has 1 aliphatic carbocycles. The van der Waals surface area contributed by atoms with E-state index in [0.29, 0.717) is 22.8 Å². The van der Waals surface area contributed by atoms with E-state index in [9.17, 15) is 18.0 Å². The van der Waals surface area contributed by atoms with Crippen molar-refractivity contribution in [1.29, 1.82) is 0 Å². The van der Waals surface area contributed by atoms with Crippen LogP contribution in [0.1, 0.15) is 39.0 Å². The second-order valence-electron chi connectivity index (χ2n) is 8.16. The van der Waals surface area contributed by atoms with Crippen LogP contribution >= 0.6 is 0 Å². The van der Waals surface area contributed by atoms with Crippen molar-refractivity contribution in [3.63, 3.8) is 0 Å². The Bertz CT molecular complexity index is 1090. The molecule has 1 heterocycles. The number of nitrogens with zero attached hydrogens (tertiary/aromatic N) is 3. The van der Waals surface area contributed by atoms with Gasteiger partial charge in [-0.15, -0.1) is 18.3 Å². The number of alkyl halides is 3. The van der Waals surface area contributed by atoms with Gasteiger partial charge in [0.2, 0.25) is 0 Å². The minimum atomic E-state index is -4.74. The van der Waals surface area contributed by atoms with Gasteiger partial charge in [0.1, 0.15) is 17.7 Å². The maximum absolute atomic E-state index is 12.3. The van der Waals surface area contributed by atoms with Crippen LogP contribution < -0.4 is 10.1 Å². The third-order valence-electron chi connectivity index (χ3n) is 5.47. The highest BCUT2D eigenvalue weighted by molar-refractivity contribution is 5.85. The fourth-order valence-electron chi connectivity index (χ4n) is 3.79. The Balaban J connectivity index is 1.38. The summed E-state index contributed by atoms with van der Waals surface area (Å²) < 4.78 is 47.8. The number of hydrogen-bond donors (Lipinski definition) is 1. The van der Waals surface area contributed by atoms with E-state index in [2.05, 4.69) is 20.1 Å². The van der Waals surface area contributed by atoms with Gasteiger partial charge in [0, 0.05) is 11.3 Å². The topological polar surface area (TPSA) is 78.3 Å². The number of carbonyl (C=O) groups excluding carboxylic acids is 1. The molecule has 1 fully saturated rings. The zero-order valence-electron chi connectivity index (χ0n) is 17.9. The van der Waals surface area contributed by atoms with Crippen LogP contribution in [0.2, 0.25) is 0 Å². The van der Waals surface area contributed by atoms with E-state index in [1.807, 2.05) is 6.92 Å². The van der Waals surface area contributed by atoms with Crippen molar-refractivity contribution < 1.29 is 27.4 Å². The first-order chi connectivity index (χ1) is 15.7. The lowest BCUT2D eigenvalue weighted by atomic mass is 9.86. The van der Waals surface area contributed by atoms with Crippen LogP contribution in [0, 0.1) is 0 Å². The van der Waals surface area contributed by atoms with E-state index in [-0.39, 0.29) is 5.75 Å². The van der Waals surface area contributed by atoms with Crippen LogP contribution in [0.15, 0.2) is 54.9 Å². The van der Waals surface area contributed by atoms with Gasteiger partial charge in [-0.05, 0) is 81.1 Å². The molecule has 0 bridgehead atoms. The van der Waals surface area contributed by atoms with E-state index in [0.717, 1.165) is 25.7 Å². The highest BCUT2D eigenvalue weighted by Crippen LogP contribution is 2.31. The smallest absolute Gasteiger partial charge is 0.443 e. The zero-order chi connectivity index (χ0) is 23.5. The van der Waals surface area contributed by atoms with E-state index < -0.39 is 18.1 Å². The van der Waals surface area contributed by atoms with Crippen molar-refractivity contribution in [3.05, 3.63) is 54.9 Å². The SMILES string of the molecule is CC1(OC(=O)Nc2ccc(-c3ncn(-c4ccc(OC(F)(F)F)cc4)n3)cc2)CCCCC1. The van der Waals surface area contributed by atoms with Crippen LogP contribution in [0.5, 0.6) is 5.75 Å². The summed E-state index contributed by atoms with van der Waals surface area (Å²) in [6, 6.07) is 12.3. The summed E-state index contributed by atoms with van der Waals surface area (Å²) in [5, 5.41) is 7.11. The number of anilines is 1. The highest BCUT2D eigenvalue weighted by atomic mass is 19.4. The fourth-order valence-corrected chi connectivity index (χ4v) is 3.79. The molecule has 0 radical (unpaired) electrons. The quantitative estimate of drug-likeness (QED) is 0.497. The number of nitrogens with one attached hydrogen (secondary N) is 1. The van der Waals surface area contributed by atoms with Crippen molar-refractivity contribution in [3.8, 4) is 22.8 Å². The van der Waals surface area contributed by atoms with Gasteiger partial charge in [-0.25, -0.2) is 14.5 Å². The molecule has 1 saturated carbocycles. The van der Waals surface area contributed by atoms with Gasteiger partial charge in [-0.3, -0.25) is 5.32 Å². The Labute approximate surface area is 188 Å². The maximum Gasteiger partial charge on any atom is 0.573 e. The van der Waals surface area contributed by atoms with E-state index in [1.54, 1.807) is 24.3 Å². The average Bonchev–Trinajstić information content (AvgIpc) is 3.24. The number of aromatic nitrogens is 3. The highest BCUT2D eigenvalue weighted by Gasteiger charge is 2.31. The van der Waals surface area contributed by atoms with E-state index in [1.165, 1.54) is 41.7 Å². The molecule has 4 rings (SSSR count). The van der Waals surface area contributed by atoms with Crippen LogP contribution in [0.25, 0.3) is 17.1 Å². The summed E-state index contributed by atoms with van der Waals surface area (Å²) >= 11 is 0. The lowest BCUT2D eigenvalue weighted by molar-refractivity contribution is -0.274. The molecule has 0 unspecified atom stereocenters. The lowest BCUT2D eigenvalue weighted by Gasteiger charge is -2.33. The average molecular weight is 460 g/mol. The van der Waals surface area contributed by atoms with E-state index in [4.69, 9.17) is 4.74 Å². The Kier molecular flexibility index (Phi) is 6.26. The molecular formula is C23H23F3N4O3. The number of amides is 1. The summed E-state index contributed by atoms with van der Waals surface area (Å²) in [5.74, 6) is 0.111. The Hall–Kier alpha value is -3.56. The molecule has 1 amide bonds. The van der Waals surface area contributed by atoms with Gasteiger partial charge in [0.05, 0.1) is 5.69 Å². The lowest BCUT2D eigenvalue weighted by Crippen LogP contribution is -2.35. The number of rotatable bonds is 5. The zero-order valence-corrected chi connectivity index (χ0v) is 17.9. The van der Waals surface area contributed by atoms with Crippen LogP contribution in [-0.4, -0.2) is 32.8 Å². The van der Waals surface area contributed by atoms with Gasteiger partial charge in [0.25, 0.3) is 0 Å². The fraction of sp³-hybridized carbons (Fsp3) is 0.348. The second-order valence-corrected chi connectivity index (χ2v) is 8.16. The Morgan fingerprint density at radius 1 is 1.03 bits per heavy atom. The molecule has 7 nitrogen and oxygen atoms in total. The molecule has 1 aliphatic rings. The van der Waals surface area contributed by atoms with Crippen molar-refractivity contribution in [2.75, 3.05) is 5.32 Å². The molecule has 1 N–H and O–H groups in total. The summed E-state index contributed by atoms with van der Waals surface area (Å²) in [6.07, 6.45) is 1.26. The molecule has 0 aliphatic heterocycles. The van der Waals surface area contributed by atoms with Gasteiger partial charge in [0.15, 0.2) is 5.82 Å². The van der Waals surface area contributed by atoms with Crippen molar-refractivity contribution >= 4 is 11.8 Å². The molecule has 3 aromatic rings. The standard InChI is InChI=1S/C23H23F3N4O3/c1-22(13-3-2-4-14-22)33-21(31)28-17-7-5-16(6-8-17)20-27-15-30(29-20)18-9-11-19(12-10-18)32-23(24,25)26/h5-12,15H,2-4,13-14H2,1H3,(H,28,31). The number of hydrogen-bond acceptors (Lipinski definition) is 5. The third kappa shape index (κ3) is 6.03. The molecule has 10 heteroatoms. The van der Waals surface area contributed by atoms with Gasteiger partial charge >= 0.3 is 12.5 Å². The molecule has 0 spiro atoms. The first kappa shape index (κ1) is 22.6. The van der Waals surface area contributed by atoms with Crippen LogP contribution in [0.4, 0.5) is 23.7 Å². The summed E-state index contributed by atoms with van der Waals surface area (Å²) in [5.41, 5.74) is 1.41. The first-order valence-electron chi connectivity index (χ1n) is 10.6. The molecular weight excluding hydrogens is 437 g/mol. The minimum Gasteiger partial charge on any atom is -0.443 e. The third-order valence-corrected chi connectivity index (χ3v) is 5.47. The maximum atomic E-state index is 12.3. The van der Waals surface area contributed by atoms with Crippen molar-refractivity contribution in [2.45, 2.75) is 51.0 Å².